The third-order valence-electron chi connectivity index (χ3n) is 3.48. The van der Waals surface area contributed by atoms with Crippen molar-refractivity contribution in [1.82, 2.24) is 0 Å². The van der Waals surface area contributed by atoms with Crippen LogP contribution in [0.15, 0.2) is 18.2 Å². The standard InChI is InChI=1S/C15H17F6NO3/c1-4-25-12(23)9(3)22-11-6-5-10(7-8(11)2)13(24,14(16,17)18)15(19,20)21/h5-7,9,22,24H,4H2,1-3H3/t9-/m0/s1. The van der Waals surface area contributed by atoms with Crippen molar-refractivity contribution in [1.29, 1.82) is 0 Å². The molecule has 1 rings (SSSR count). The number of ether oxygens (including phenoxy) is 1. The zero-order chi connectivity index (χ0) is 19.6. The maximum atomic E-state index is 12.9. The van der Waals surface area contributed by atoms with Crippen LogP contribution in [0.3, 0.4) is 0 Å². The number of benzene rings is 1. The number of alkyl halides is 6. The fraction of sp³-hybridized carbons (Fsp3) is 0.533. The quantitative estimate of drug-likeness (QED) is 0.611. The second-order valence-electron chi connectivity index (χ2n) is 5.35. The van der Waals surface area contributed by atoms with E-state index in [0.717, 1.165) is 6.07 Å². The van der Waals surface area contributed by atoms with E-state index in [1.165, 1.54) is 13.8 Å². The van der Waals surface area contributed by atoms with Gasteiger partial charge in [0, 0.05) is 11.3 Å². The summed E-state index contributed by atoms with van der Waals surface area (Å²) in [4.78, 5) is 11.5. The molecule has 25 heavy (non-hydrogen) atoms. The number of rotatable bonds is 5. The van der Waals surface area contributed by atoms with Gasteiger partial charge >= 0.3 is 18.3 Å². The van der Waals surface area contributed by atoms with E-state index >= 15 is 0 Å². The fourth-order valence-electron chi connectivity index (χ4n) is 2.10. The predicted octanol–water partition coefficient (Wildman–Crippen LogP) is 3.67. The molecule has 0 heterocycles. The lowest BCUT2D eigenvalue weighted by Gasteiger charge is -2.33. The number of hydrogen-bond donors (Lipinski definition) is 2. The number of hydrogen-bond acceptors (Lipinski definition) is 4. The molecule has 0 spiro atoms. The molecule has 10 heteroatoms. The summed E-state index contributed by atoms with van der Waals surface area (Å²) >= 11 is 0. The highest BCUT2D eigenvalue weighted by Crippen LogP contribution is 2.50. The van der Waals surface area contributed by atoms with Gasteiger partial charge in [-0.25, -0.2) is 4.79 Å². The van der Waals surface area contributed by atoms with E-state index in [9.17, 15) is 36.2 Å². The zero-order valence-corrected chi connectivity index (χ0v) is 13.5. The van der Waals surface area contributed by atoms with Crippen molar-refractivity contribution < 1.29 is 41.0 Å². The van der Waals surface area contributed by atoms with Crippen molar-refractivity contribution in [3.05, 3.63) is 29.3 Å². The Balaban J connectivity index is 3.23. The number of nitrogens with one attached hydrogen (secondary N) is 1. The summed E-state index contributed by atoms with van der Waals surface area (Å²) < 4.78 is 82.0. The molecule has 0 radical (unpaired) electrons. The molecule has 0 bridgehead atoms. The monoisotopic (exact) mass is 373 g/mol. The molecule has 1 aromatic carbocycles. The van der Waals surface area contributed by atoms with Gasteiger partial charge in [-0.15, -0.1) is 0 Å². The Kier molecular flexibility index (Phi) is 5.99. The van der Waals surface area contributed by atoms with Crippen LogP contribution in [0.2, 0.25) is 0 Å². The van der Waals surface area contributed by atoms with Gasteiger partial charge in [-0.1, -0.05) is 12.1 Å². The molecule has 0 saturated heterocycles. The minimum Gasteiger partial charge on any atom is -0.464 e. The molecule has 1 atom stereocenters. The van der Waals surface area contributed by atoms with E-state index in [-0.39, 0.29) is 17.9 Å². The van der Waals surface area contributed by atoms with Crippen LogP contribution < -0.4 is 5.32 Å². The topological polar surface area (TPSA) is 58.6 Å². The van der Waals surface area contributed by atoms with Crippen LogP contribution in [-0.2, 0) is 15.1 Å². The van der Waals surface area contributed by atoms with E-state index < -0.39 is 35.5 Å². The van der Waals surface area contributed by atoms with Crippen molar-refractivity contribution in [2.75, 3.05) is 11.9 Å². The van der Waals surface area contributed by atoms with Gasteiger partial charge in [0.1, 0.15) is 6.04 Å². The minimum atomic E-state index is -5.95. The number of anilines is 1. The highest BCUT2D eigenvalue weighted by molar-refractivity contribution is 5.79. The second kappa shape index (κ2) is 7.11. The molecular weight excluding hydrogens is 356 g/mol. The lowest BCUT2D eigenvalue weighted by atomic mass is 9.90. The molecule has 1 aromatic rings. The molecule has 0 aliphatic rings. The maximum Gasteiger partial charge on any atom is 0.430 e. The van der Waals surface area contributed by atoms with Crippen molar-refractivity contribution in [2.24, 2.45) is 0 Å². The fourth-order valence-corrected chi connectivity index (χ4v) is 2.10. The first-order chi connectivity index (χ1) is 11.3. The van der Waals surface area contributed by atoms with Gasteiger partial charge in [-0.2, -0.15) is 26.3 Å². The highest BCUT2D eigenvalue weighted by atomic mass is 19.4. The summed E-state index contributed by atoms with van der Waals surface area (Å²) in [6, 6.07) is 1.15. The number of aliphatic hydroxyl groups is 1. The van der Waals surface area contributed by atoms with Crippen LogP contribution in [0.5, 0.6) is 0 Å². The van der Waals surface area contributed by atoms with Crippen molar-refractivity contribution in [3.8, 4) is 0 Å². The summed E-state index contributed by atoms with van der Waals surface area (Å²) in [5, 5.41) is 12.0. The van der Waals surface area contributed by atoms with Gasteiger partial charge < -0.3 is 15.2 Å². The molecule has 4 nitrogen and oxygen atoms in total. The van der Waals surface area contributed by atoms with Crippen LogP contribution >= 0.6 is 0 Å². The van der Waals surface area contributed by atoms with Crippen molar-refractivity contribution in [2.45, 2.75) is 44.8 Å². The molecule has 0 fully saturated rings. The number of esters is 1. The Bertz CT molecular complexity index is 613. The summed E-state index contributed by atoms with van der Waals surface area (Å²) in [6.45, 7) is 4.37. The van der Waals surface area contributed by atoms with Gasteiger partial charge in [0.2, 0.25) is 0 Å². The minimum absolute atomic E-state index is 0.0134. The first-order valence-corrected chi connectivity index (χ1v) is 7.15. The lowest BCUT2D eigenvalue weighted by molar-refractivity contribution is -0.376. The third-order valence-corrected chi connectivity index (χ3v) is 3.48. The predicted molar refractivity (Wildman–Crippen MR) is 76.9 cm³/mol. The van der Waals surface area contributed by atoms with Crippen molar-refractivity contribution >= 4 is 11.7 Å². The number of halogens is 6. The van der Waals surface area contributed by atoms with Crippen LogP contribution in [0.1, 0.15) is 25.0 Å². The van der Waals surface area contributed by atoms with Gasteiger partial charge in [-0.3, -0.25) is 0 Å². The average Bonchev–Trinajstić information content (AvgIpc) is 2.46. The Morgan fingerprint density at radius 3 is 2.12 bits per heavy atom. The van der Waals surface area contributed by atoms with Gasteiger partial charge in [-0.05, 0) is 32.4 Å². The van der Waals surface area contributed by atoms with Gasteiger partial charge in [0.15, 0.2) is 0 Å². The van der Waals surface area contributed by atoms with Crippen LogP contribution in [-0.4, -0.2) is 36.1 Å². The van der Waals surface area contributed by atoms with E-state index in [2.05, 4.69) is 5.32 Å². The number of aryl methyl sites for hydroxylation is 1. The van der Waals surface area contributed by atoms with Gasteiger partial charge in [0.25, 0.3) is 5.60 Å². The Morgan fingerprint density at radius 1 is 1.20 bits per heavy atom. The summed E-state index contributed by atoms with van der Waals surface area (Å²) in [5.74, 6) is -0.631. The number of carbonyl (C=O) groups is 1. The van der Waals surface area contributed by atoms with E-state index in [0.29, 0.717) is 12.1 Å². The van der Waals surface area contributed by atoms with Crippen molar-refractivity contribution in [3.63, 3.8) is 0 Å². The molecule has 0 aromatic heterocycles. The maximum absolute atomic E-state index is 12.9. The summed E-state index contributed by atoms with van der Waals surface area (Å²) in [6.07, 6.45) is -11.9. The highest BCUT2D eigenvalue weighted by Gasteiger charge is 2.71. The smallest absolute Gasteiger partial charge is 0.430 e. The molecule has 0 amide bonds. The molecule has 0 aliphatic carbocycles. The lowest BCUT2D eigenvalue weighted by Crippen LogP contribution is -2.53. The first-order valence-electron chi connectivity index (χ1n) is 7.15. The average molecular weight is 373 g/mol. The van der Waals surface area contributed by atoms with E-state index in [4.69, 9.17) is 4.74 Å². The van der Waals surface area contributed by atoms with Crippen LogP contribution in [0, 0.1) is 6.92 Å². The largest absolute Gasteiger partial charge is 0.464 e. The molecule has 2 N–H and O–H groups in total. The Hall–Kier alpha value is -1.97. The second-order valence-corrected chi connectivity index (χ2v) is 5.35. The Morgan fingerprint density at radius 2 is 1.72 bits per heavy atom. The first kappa shape index (κ1) is 21.1. The molecule has 0 unspecified atom stereocenters. The molecule has 142 valence electrons. The van der Waals surface area contributed by atoms with E-state index in [1.807, 2.05) is 0 Å². The van der Waals surface area contributed by atoms with E-state index in [1.54, 1.807) is 6.92 Å². The molecular formula is C15H17F6NO3. The third kappa shape index (κ3) is 4.17. The number of carbonyl (C=O) groups excluding carboxylic acids is 1. The molecule has 0 saturated carbocycles. The van der Waals surface area contributed by atoms with Gasteiger partial charge in [0.05, 0.1) is 6.61 Å². The SMILES string of the molecule is CCOC(=O)[C@H](C)Nc1ccc(C(O)(C(F)(F)F)C(F)(F)F)cc1C. The normalized spacial score (nSPS) is 14.2. The zero-order valence-electron chi connectivity index (χ0n) is 13.5. The summed E-state index contributed by atoms with van der Waals surface area (Å²) in [7, 11) is 0. The Labute approximate surface area is 139 Å². The molecule has 0 aliphatic heterocycles. The van der Waals surface area contributed by atoms with Crippen LogP contribution in [0.4, 0.5) is 32.0 Å². The summed E-state index contributed by atoms with van der Waals surface area (Å²) in [5.41, 5.74) is -6.23. The van der Waals surface area contributed by atoms with Crippen LogP contribution in [0.25, 0.3) is 0 Å².